The zero-order chi connectivity index (χ0) is 18.6. The summed E-state index contributed by atoms with van der Waals surface area (Å²) in [6, 6.07) is 8.90. The van der Waals surface area contributed by atoms with E-state index >= 15 is 0 Å². The summed E-state index contributed by atoms with van der Waals surface area (Å²) in [6.07, 6.45) is -0.980. The van der Waals surface area contributed by atoms with Crippen LogP contribution in [0, 0.1) is 13.8 Å². The molecule has 0 aliphatic carbocycles. The van der Waals surface area contributed by atoms with Crippen LogP contribution >= 0.6 is 23.2 Å². The molecule has 0 saturated carbocycles. The highest BCUT2D eigenvalue weighted by atomic mass is 35.5. The molecule has 2 aromatic rings. The predicted octanol–water partition coefficient (Wildman–Crippen LogP) is 3.87. The topological polar surface area (TPSA) is 68.3 Å². The minimum atomic E-state index is -0.980. The van der Waals surface area contributed by atoms with E-state index in [2.05, 4.69) is 10.3 Å². The van der Waals surface area contributed by atoms with Gasteiger partial charge in [-0.1, -0.05) is 41.4 Å². The van der Waals surface area contributed by atoms with E-state index in [9.17, 15) is 9.59 Å². The molecule has 1 atom stereocenters. The highest BCUT2D eigenvalue weighted by molar-refractivity contribution is 6.32. The number of carbonyl (C=O) groups excluding carboxylic acids is 2. The lowest BCUT2D eigenvalue weighted by Crippen LogP contribution is -2.35. The molecule has 0 saturated heterocycles. The standard InChI is InChI=1S/C18H18Cl2N2O3/c1-10-8-11(2)22-16(20)15(10)18(24)25-12(3)17(23)21-9-13-6-4-5-7-14(13)19/h4-8,12H,9H2,1-3H3,(H,21,23)/t12-/m0/s1. The summed E-state index contributed by atoms with van der Waals surface area (Å²) < 4.78 is 5.21. The Morgan fingerprint density at radius 1 is 1.24 bits per heavy atom. The molecule has 0 bridgehead atoms. The van der Waals surface area contributed by atoms with Crippen molar-refractivity contribution >= 4 is 35.1 Å². The van der Waals surface area contributed by atoms with Gasteiger partial charge in [0.05, 0.1) is 5.56 Å². The molecule has 1 aromatic heterocycles. The van der Waals surface area contributed by atoms with Crippen molar-refractivity contribution in [3.8, 4) is 0 Å². The Hall–Kier alpha value is -2.11. The second-order valence-corrected chi connectivity index (χ2v) is 6.37. The maximum absolute atomic E-state index is 12.3. The number of ether oxygens (including phenoxy) is 1. The number of hydrogen-bond donors (Lipinski definition) is 1. The Morgan fingerprint density at radius 3 is 2.56 bits per heavy atom. The lowest BCUT2D eigenvalue weighted by Gasteiger charge is -2.15. The second kappa shape index (κ2) is 8.32. The lowest BCUT2D eigenvalue weighted by molar-refractivity contribution is -0.129. The molecule has 0 aliphatic rings. The van der Waals surface area contributed by atoms with E-state index in [1.165, 1.54) is 6.92 Å². The lowest BCUT2D eigenvalue weighted by atomic mass is 10.1. The van der Waals surface area contributed by atoms with Crippen LogP contribution in [0.5, 0.6) is 0 Å². The van der Waals surface area contributed by atoms with Gasteiger partial charge in [0.2, 0.25) is 0 Å². The molecule has 5 nitrogen and oxygen atoms in total. The Balaban J connectivity index is 1.99. The van der Waals surface area contributed by atoms with Crippen molar-refractivity contribution in [3.05, 3.63) is 62.9 Å². The van der Waals surface area contributed by atoms with Crippen LogP contribution in [-0.4, -0.2) is 23.0 Å². The van der Waals surface area contributed by atoms with E-state index in [1.807, 2.05) is 6.07 Å². The quantitative estimate of drug-likeness (QED) is 0.631. The molecule has 0 fully saturated rings. The fourth-order valence-electron chi connectivity index (χ4n) is 2.28. The first-order valence-electron chi connectivity index (χ1n) is 7.65. The van der Waals surface area contributed by atoms with Crippen LogP contribution in [0.1, 0.15) is 34.1 Å². The van der Waals surface area contributed by atoms with E-state index < -0.39 is 18.0 Å². The largest absolute Gasteiger partial charge is 0.449 e. The van der Waals surface area contributed by atoms with Gasteiger partial charge in [0.15, 0.2) is 6.10 Å². The van der Waals surface area contributed by atoms with E-state index in [1.54, 1.807) is 38.1 Å². The molecule has 1 heterocycles. The van der Waals surface area contributed by atoms with Gasteiger partial charge in [-0.25, -0.2) is 9.78 Å². The molecule has 2 rings (SSSR count). The molecule has 1 amide bonds. The van der Waals surface area contributed by atoms with Gasteiger partial charge in [-0.2, -0.15) is 0 Å². The number of aryl methyl sites for hydroxylation is 2. The SMILES string of the molecule is Cc1cc(C)c(C(=O)O[C@@H](C)C(=O)NCc2ccccc2Cl)c(Cl)n1. The predicted molar refractivity (Wildman–Crippen MR) is 96.9 cm³/mol. The second-order valence-electron chi connectivity index (χ2n) is 5.60. The maximum Gasteiger partial charge on any atom is 0.342 e. The third-order valence-corrected chi connectivity index (χ3v) is 4.21. The fraction of sp³-hybridized carbons (Fsp3) is 0.278. The molecule has 0 aliphatic heterocycles. The van der Waals surface area contributed by atoms with Gasteiger partial charge in [0.25, 0.3) is 5.91 Å². The van der Waals surface area contributed by atoms with Gasteiger partial charge >= 0.3 is 5.97 Å². The van der Waals surface area contributed by atoms with Gasteiger partial charge in [-0.3, -0.25) is 4.79 Å². The number of nitrogens with one attached hydrogen (secondary N) is 1. The van der Waals surface area contributed by atoms with Crippen LogP contribution in [0.2, 0.25) is 10.2 Å². The minimum absolute atomic E-state index is 0.0613. The molecule has 0 radical (unpaired) electrons. The number of carbonyl (C=O) groups is 2. The van der Waals surface area contributed by atoms with Gasteiger partial charge < -0.3 is 10.1 Å². The third-order valence-electron chi connectivity index (χ3n) is 3.57. The van der Waals surface area contributed by atoms with Crippen LogP contribution in [0.25, 0.3) is 0 Å². The summed E-state index contributed by atoms with van der Waals surface area (Å²) in [6.45, 7) is 5.25. The van der Waals surface area contributed by atoms with Crippen molar-refractivity contribution in [1.82, 2.24) is 10.3 Å². The van der Waals surface area contributed by atoms with Crippen LogP contribution in [-0.2, 0) is 16.1 Å². The Bertz CT molecular complexity index is 786. The number of aromatic nitrogens is 1. The smallest absolute Gasteiger partial charge is 0.342 e. The molecular formula is C18H18Cl2N2O3. The highest BCUT2D eigenvalue weighted by Crippen LogP contribution is 2.20. The highest BCUT2D eigenvalue weighted by Gasteiger charge is 2.23. The number of nitrogens with zero attached hydrogens (tertiary/aromatic N) is 1. The summed E-state index contributed by atoms with van der Waals surface area (Å²) in [7, 11) is 0. The normalized spacial score (nSPS) is 11.7. The third kappa shape index (κ3) is 4.94. The zero-order valence-electron chi connectivity index (χ0n) is 14.1. The number of pyridine rings is 1. The summed E-state index contributed by atoms with van der Waals surface area (Å²) >= 11 is 12.1. The van der Waals surface area contributed by atoms with Crippen molar-refractivity contribution in [1.29, 1.82) is 0 Å². The van der Waals surface area contributed by atoms with Gasteiger partial charge in [0.1, 0.15) is 5.15 Å². The number of esters is 1. The van der Waals surface area contributed by atoms with Gasteiger partial charge in [-0.05, 0) is 44.0 Å². The van der Waals surface area contributed by atoms with Crippen LogP contribution in [0.3, 0.4) is 0 Å². The zero-order valence-corrected chi connectivity index (χ0v) is 15.6. The number of halogens is 2. The summed E-state index contributed by atoms with van der Waals surface area (Å²) in [5, 5.41) is 3.30. The number of amides is 1. The monoisotopic (exact) mass is 380 g/mol. The van der Waals surface area contributed by atoms with E-state index in [4.69, 9.17) is 27.9 Å². The first-order chi connectivity index (χ1) is 11.8. The average molecular weight is 381 g/mol. The van der Waals surface area contributed by atoms with E-state index in [0.717, 1.165) is 5.56 Å². The number of benzene rings is 1. The first kappa shape index (κ1) is 19.2. The Labute approximate surface area is 156 Å². The van der Waals surface area contributed by atoms with E-state index in [-0.39, 0.29) is 17.3 Å². The molecule has 25 heavy (non-hydrogen) atoms. The average Bonchev–Trinajstić information content (AvgIpc) is 2.52. The van der Waals surface area contributed by atoms with Gasteiger partial charge in [-0.15, -0.1) is 0 Å². The molecule has 0 spiro atoms. The Morgan fingerprint density at radius 2 is 1.92 bits per heavy atom. The molecule has 1 aromatic carbocycles. The van der Waals surface area contributed by atoms with Crippen LogP contribution in [0.4, 0.5) is 0 Å². The van der Waals surface area contributed by atoms with Gasteiger partial charge in [0, 0.05) is 17.3 Å². The summed E-state index contributed by atoms with van der Waals surface area (Å²) in [5.41, 5.74) is 2.28. The summed E-state index contributed by atoms with van der Waals surface area (Å²) in [5.74, 6) is -1.11. The molecule has 7 heteroatoms. The molecule has 132 valence electrons. The summed E-state index contributed by atoms with van der Waals surface area (Å²) in [4.78, 5) is 28.5. The molecule has 0 unspecified atom stereocenters. The fourth-order valence-corrected chi connectivity index (χ4v) is 2.84. The van der Waals surface area contributed by atoms with Crippen molar-refractivity contribution < 1.29 is 14.3 Å². The molecular weight excluding hydrogens is 363 g/mol. The van der Waals surface area contributed by atoms with Crippen LogP contribution in [0.15, 0.2) is 30.3 Å². The number of rotatable bonds is 5. The number of hydrogen-bond acceptors (Lipinski definition) is 4. The minimum Gasteiger partial charge on any atom is -0.449 e. The van der Waals surface area contributed by atoms with Crippen molar-refractivity contribution in [2.75, 3.05) is 0 Å². The van der Waals surface area contributed by atoms with Crippen LogP contribution < -0.4 is 5.32 Å². The van der Waals surface area contributed by atoms with E-state index in [0.29, 0.717) is 16.3 Å². The van der Waals surface area contributed by atoms with Crippen molar-refractivity contribution in [3.63, 3.8) is 0 Å². The van der Waals surface area contributed by atoms with Crippen molar-refractivity contribution in [2.24, 2.45) is 0 Å². The van der Waals surface area contributed by atoms with Crippen molar-refractivity contribution in [2.45, 2.75) is 33.4 Å². The Kier molecular flexibility index (Phi) is 6.39. The first-order valence-corrected chi connectivity index (χ1v) is 8.41. The maximum atomic E-state index is 12.3. The molecule has 1 N–H and O–H groups in total.